The molecular formula is C17H27NO3. The monoisotopic (exact) mass is 293 g/mol. The summed E-state index contributed by atoms with van der Waals surface area (Å²) in [5.41, 5.74) is -1.89. The Balaban J connectivity index is 1.93. The number of ether oxygens (including phenoxy) is 1. The molecule has 0 spiro atoms. The smallest absolute Gasteiger partial charge is 0.313 e. The number of hydrogen-bond acceptors (Lipinski definition) is 3. The van der Waals surface area contributed by atoms with Crippen molar-refractivity contribution in [2.24, 2.45) is 22.7 Å². The summed E-state index contributed by atoms with van der Waals surface area (Å²) < 4.78 is 5.72. The van der Waals surface area contributed by atoms with Gasteiger partial charge in [0, 0.05) is 18.5 Å². The first-order valence-corrected chi connectivity index (χ1v) is 8.17. The highest BCUT2D eigenvalue weighted by atomic mass is 16.6. The number of hydrogen-bond donors (Lipinski definition) is 0. The molecule has 0 radical (unpaired) electrons. The summed E-state index contributed by atoms with van der Waals surface area (Å²) in [6, 6.07) is 0. The third-order valence-corrected chi connectivity index (χ3v) is 6.59. The van der Waals surface area contributed by atoms with Gasteiger partial charge in [0.25, 0.3) is 5.91 Å². The quantitative estimate of drug-likeness (QED) is 0.698. The summed E-state index contributed by atoms with van der Waals surface area (Å²) in [7, 11) is 0. The number of nitrogens with zero attached hydrogens (tertiary/aromatic N) is 1. The Bertz CT molecular complexity index is 490. The number of likely N-dealkylation sites (tertiary alicyclic amines) is 1. The topological polar surface area (TPSA) is 46.6 Å². The maximum atomic E-state index is 13.2. The second-order valence-electron chi connectivity index (χ2n) is 8.33. The molecule has 0 aromatic carbocycles. The second kappa shape index (κ2) is 4.23. The number of amides is 1. The molecule has 2 aliphatic heterocycles. The first kappa shape index (κ1) is 14.9. The zero-order valence-electron chi connectivity index (χ0n) is 13.9. The van der Waals surface area contributed by atoms with Crippen LogP contribution in [0.15, 0.2) is 0 Å². The van der Waals surface area contributed by atoms with Gasteiger partial charge in [-0.05, 0) is 38.0 Å². The Labute approximate surface area is 127 Å². The molecule has 4 heteroatoms. The van der Waals surface area contributed by atoms with Crippen molar-refractivity contribution in [1.29, 1.82) is 0 Å². The molecule has 118 valence electrons. The number of esters is 1. The third kappa shape index (κ3) is 1.68. The van der Waals surface area contributed by atoms with E-state index in [1.165, 1.54) is 0 Å². The van der Waals surface area contributed by atoms with Gasteiger partial charge in [-0.15, -0.1) is 0 Å². The fourth-order valence-electron chi connectivity index (χ4n) is 4.81. The van der Waals surface area contributed by atoms with E-state index >= 15 is 0 Å². The van der Waals surface area contributed by atoms with E-state index in [0.29, 0.717) is 18.3 Å². The van der Waals surface area contributed by atoms with Crippen LogP contribution in [0.1, 0.15) is 53.9 Å². The van der Waals surface area contributed by atoms with Crippen molar-refractivity contribution in [3.8, 4) is 0 Å². The highest BCUT2D eigenvalue weighted by molar-refractivity contribution is 5.96. The lowest BCUT2D eigenvalue weighted by Gasteiger charge is -2.42. The number of piperidine rings is 1. The highest BCUT2D eigenvalue weighted by Gasteiger charge is 2.76. The van der Waals surface area contributed by atoms with Crippen LogP contribution < -0.4 is 0 Å². The van der Waals surface area contributed by atoms with Crippen molar-refractivity contribution >= 4 is 11.9 Å². The van der Waals surface area contributed by atoms with Crippen LogP contribution in [0.5, 0.6) is 0 Å². The van der Waals surface area contributed by atoms with E-state index in [1.807, 2.05) is 25.7 Å². The second-order valence-corrected chi connectivity index (χ2v) is 8.33. The Morgan fingerprint density at radius 2 is 1.71 bits per heavy atom. The zero-order chi connectivity index (χ0) is 15.6. The molecule has 4 atom stereocenters. The molecule has 2 bridgehead atoms. The Kier molecular flexibility index (Phi) is 3.00. The Morgan fingerprint density at radius 1 is 1.14 bits per heavy atom. The molecule has 1 aliphatic carbocycles. The van der Waals surface area contributed by atoms with Crippen molar-refractivity contribution < 1.29 is 14.3 Å². The minimum absolute atomic E-state index is 0.0421. The van der Waals surface area contributed by atoms with Crippen molar-refractivity contribution in [1.82, 2.24) is 4.90 Å². The van der Waals surface area contributed by atoms with E-state index in [9.17, 15) is 9.59 Å². The van der Waals surface area contributed by atoms with E-state index < -0.39 is 16.4 Å². The minimum Gasteiger partial charge on any atom is -0.448 e. The third-order valence-electron chi connectivity index (χ3n) is 6.59. The maximum absolute atomic E-state index is 13.2. The van der Waals surface area contributed by atoms with Gasteiger partial charge < -0.3 is 9.64 Å². The van der Waals surface area contributed by atoms with E-state index in [0.717, 1.165) is 25.9 Å². The Hall–Kier alpha value is -1.06. The van der Waals surface area contributed by atoms with Crippen LogP contribution in [-0.2, 0) is 14.3 Å². The predicted molar refractivity (Wildman–Crippen MR) is 79.5 cm³/mol. The molecule has 0 unspecified atom stereocenters. The van der Waals surface area contributed by atoms with Crippen LogP contribution in [0.2, 0.25) is 0 Å². The molecule has 0 aromatic rings. The van der Waals surface area contributed by atoms with Gasteiger partial charge in [-0.1, -0.05) is 27.7 Å². The molecule has 21 heavy (non-hydrogen) atoms. The number of carbonyl (C=O) groups is 2. The fourth-order valence-corrected chi connectivity index (χ4v) is 4.81. The first-order chi connectivity index (χ1) is 9.64. The van der Waals surface area contributed by atoms with Gasteiger partial charge in [-0.25, -0.2) is 0 Å². The summed E-state index contributed by atoms with van der Waals surface area (Å²) in [6.07, 6.45) is 2.58. The van der Waals surface area contributed by atoms with Gasteiger partial charge in [0.05, 0.1) is 5.41 Å². The van der Waals surface area contributed by atoms with Crippen molar-refractivity contribution in [2.45, 2.75) is 59.5 Å². The lowest BCUT2D eigenvalue weighted by atomic mass is 9.66. The summed E-state index contributed by atoms with van der Waals surface area (Å²) >= 11 is 0. The number of rotatable bonds is 1. The normalized spacial score (nSPS) is 44.8. The molecule has 3 rings (SSSR count). The molecule has 3 fully saturated rings. The van der Waals surface area contributed by atoms with Gasteiger partial charge >= 0.3 is 5.97 Å². The summed E-state index contributed by atoms with van der Waals surface area (Å²) in [5.74, 6) is 0.884. The molecule has 3 aliphatic rings. The average Bonchev–Trinajstić information content (AvgIpc) is 2.67. The van der Waals surface area contributed by atoms with E-state index in [4.69, 9.17) is 4.74 Å². The van der Waals surface area contributed by atoms with Gasteiger partial charge in [-0.2, -0.15) is 0 Å². The molecule has 4 nitrogen and oxygen atoms in total. The lowest BCUT2D eigenvalue weighted by molar-refractivity contribution is -0.175. The first-order valence-electron chi connectivity index (χ1n) is 8.17. The number of fused-ring (bicyclic) bond motifs is 2. The average molecular weight is 293 g/mol. The molecule has 2 saturated heterocycles. The van der Waals surface area contributed by atoms with E-state index in [-0.39, 0.29) is 11.9 Å². The maximum Gasteiger partial charge on any atom is 0.313 e. The largest absolute Gasteiger partial charge is 0.448 e. The van der Waals surface area contributed by atoms with Crippen LogP contribution in [-0.4, -0.2) is 35.5 Å². The van der Waals surface area contributed by atoms with Crippen molar-refractivity contribution in [3.05, 3.63) is 0 Å². The van der Waals surface area contributed by atoms with Crippen LogP contribution in [0.3, 0.4) is 0 Å². The van der Waals surface area contributed by atoms with Gasteiger partial charge in [-0.3, -0.25) is 9.59 Å². The molecule has 1 saturated carbocycles. The van der Waals surface area contributed by atoms with E-state index in [2.05, 4.69) is 13.8 Å². The molecule has 2 heterocycles. The van der Waals surface area contributed by atoms with Crippen LogP contribution in [0.25, 0.3) is 0 Å². The molecule has 1 amide bonds. The van der Waals surface area contributed by atoms with E-state index in [1.54, 1.807) is 0 Å². The van der Waals surface area contributed by atoms with Crippen molar-refractivity contribution in [3.63, 3.8) is 0 Å². The predicted octanol–water partition coefficient (Wildman–Crippen LogP) is 2.61. The van der Waals surface area contributed by atoms with Crippen LogP contribution >= 0.6 is 0 Å². The minimum atomic E-state index is -0.935. The summed E-state index contributed by atoms with van der Waals surface area (Å²) in [4.78, 5) is 27.5. The van der Waals surface area contributed by atoms with Gasteiger partial charge in [0.2, 0.25) is 0 Å². The van der Waals surface area contributed by atoms with Gasteiger partial charge in [0.1, 0.15) is 0 Å². The molecule has 0 N–H and O–H groups in total. The summed E-state index contributed by atoms with van der Waals surface area (Å²) in [5, 5.41) is 0. The summed E-state index contributed by atoms with van der Waals surface area (Å²) in [6.45, 7) is 12.0. The fraction of sp³-hybridized carbons (Fsp3) is 0.882. The number of carbonyl (C=O) groups excluding carboxylic acids is 2. The van der Waals surface area contributed by atoms with Crippen molar-refractivity contribution in [2.75, 3.05) is 13.1 Å². The van der Waals surface area contributed by atoms with Crippen LogP contribution in [0.4, 0.5) is 0 Å². The SMILES string of the molecule is C[C@@H]1C[C@@H](C)CN(C(=O)[C@@]23CC[C@@](C)(C(=O)O2)C3(C)C)C1. The Morgan fingerprint density at radius 3 is 2.14 bits per heavy atom. The standard InChI is InChI=1S/C17H27NO3/c1-11-8-12(2)10-18(9-11)13(19)17-7-6-16(5,14(20)21-17)15(17,3)4/h11-12H,6-10H2,1-5H3/t11-,12-,16+,17-/m1/s1. The molecule has 0 aromatic heterocycles. The lowest BCUT2D eigenvalue weighted by Crippen LogP contribution is -2.57. The highest BCUT2D eigenvalue weighted by Crippen LogP contribution is 2.66. The molecular weight excluding hydrogens is 266 g/mol. The zero-order valence-corrected chi connectivity index (χ0v) is 13.9. The van der Waals surface area contributed by atoms with Crippen LogP contribution in [0, 0.1) is 22.7 Å². The van der Waals surface area contributed by atoms with Gasteiger partial charge in [0.15, 0.2) is 5.60 Å².